The third kappa shape index (κ3) is 5.29. The summed E-state index contributed by atoms with van der Waals surface area (Å²) in [6, 6.07) is 22.0. The number of aromatic nitrogens is 4. The summed E-state index contributed by atoms with van der Waals surface area (Å²) in [4.78, 5) is 33.7. The van der Waals surface area contributed by atoms with Crippen LogP contribution in [0.3, 0.4) is 0 Å². The molecule has 1 aliphatic rings. The number of benzene rings is 3. The molecule has 1 N–H and O–H groups in total. The van der Waals surface area contributed by atoms with E-state index in [4.69, 9.17) is 21.1 Å². The first-order chi connectivity index (χ1) is 19.5. The Labute approximate surface area is 234 Å². The summed E-state index contributed by atoms with van der Waals surface area (Å²) >= 11 is 6.17. The quantitative estimate of drug-likeness (QED) is 0.298. The number of hydrogen-bond donors (Lipinski definition) is 1. The van der Waals surface area contributed by atoms with Gasteiger partial charge in [0.15, 0.2) is 11.5 Å². The van der Waals surface area contributed by atoms with Crippen LogP contribution in [0, 0.1) is 0 Å². The maximum Gasteiger partial charge on any atom is 0.251 e. The zero-order valence-electron chi connectivity index (χ0n) is 21.1. The summed E-state index contributed by atoms with van der Waals surface area (Å²) in [5, 5.41) is 11.8. The molecule has 5 aromatic rings. The fourth-order valence-corrected chi connectivity index (χ4v) is 4.69. The Kier molecular flexibility index (Phi) is 6.98. The van der Waals surface area contributed by atoms with Gasteiger partial charge < -0.3 is 19.7 Å². The van der Waals surface area contributed by atoms with Gasteiger partial charge in [-0.15, -0.1) is 5.10 Å². The summed E-state index contributed by atoms with van der Waals surface area (Å²) in [7, 11) is 0. The molecule has 2 aromatic heterocycles. The van der Waals surface area contributed by atoms with Crippen LogP contribution >= 0.6 is 11.6 Å². The van der Waals surface area contributed by atoms with Crippen molar-refractivity contribution in [2.24, 2.45) is 0 Å². The lowest BCUT2D eigenvalue weighted by Crippen LogP contribution is -2.42. The second-order valence-corrected chi connectivity index (χ2v) is 9.57. The standard InChI is InChI=1S/C29H23ClN6O4/c30-21-9-7-20(8-10-21)28(29(38)32-22-11-12-25-26(14-22)40-18-39-25)35(16-19-4-3-13-31-15-19)27(37)17-36-24-6-2-1-5-23(24)33-34-36/h1-15,28H,16-18H2,(H,32,38)/t28-/m0/s1. The van der Waals surface area contributed by atoms with E-state index in [0.717, 1.165) is 5.56 Å². The first-order valence-corrected chi connectivity index (χ1v) is 12.9. The Bertz CT molecular complexity index is 1680. The van der Waals surface area contributed by atoms with E-state index >= 15 is 0 Å². The minimum atomic E-state index is -1.01. The maximum absolute atomic E-state index is 14.0. The number of carbonyl (C=O) groups is 2. The van der Waals surface area contributed by atoms with Crippen molar-refractivity contribution in [1.29, 1.82) is 0 Å². The normalized spacial score (nSPS) is 12.7. The van der Waals surface area contributed by atoms with Gasteiger partial charge in [0.2, 0.25) is 12.7 Å². The molecule has 1 aliphatic heterocycles. The van der Waals surface area contributed by atoms with E-state index in [0.29, 0.717) is 38.8 Å². The van der Waals surface area contributed by atoms with E-state index in [9.17, 15) is 9.59 Å². The Balaban J connectivity index is 1.37. The number of carbonyl (C=O) groups excluding carboxylic acids is 2. The molecular formula is C29H23ClN6O4. The van der Waals surface area contributed by atoms with Crippen LogP contribution in [-0.4, -0.2) is 43.5 Å². The van der Waals surface area contributed by atoms with Crippen LogP contribution in [0.1, 0.15) is 17.2 Å². The van der Waals surface area contributed by atoms with Crippen molar-refractivity contribution in [3.63, 3.8) is 0 Å². The minimum absolute atomic E-state index is 0.116. The smallest absolute Gasteiger partial charge is 0.251 e. The number of halogens is 1. The van der Waals surface area contributed by atoms with Crippen molar-refractivity contribution in [2.45, 2.75) is 19.1 Å². The van der Waals surface area contributed by atoms with Gasteiger partial charge in [-0.05, 0) is 53.6 Å². The SMILES string of the molecule is O=C(Nc1ccc2c(c1)OCO2)[C@H](c1ccc(Cl)cc1)N(Cc1cccnc1)C(=O)Cn1nnc2ccccc21. The molecule has 3 heterocycles. The summed E-state index contributed by atoms with van der Waals surface area (Å²) < 4.78 is 12.4. The van der Waals surface area contributed by atoms with Gasteiger partial charge in [0.1, 0.15) is 18.1 Å². The number of nitrogens with one attached hydrogen (secondary N) is 1. The lowest BCUT2D eigenvalue weighted by Gasteiger charge is -2.31. The van der Waals surface area contributed by atoms with Crippen LogP contribution in [-0.2, 0) is 22.7 Å². The summed E-state index contributed by atoms with van der Waals surface area (Å²) in [5.41, 5.74) is 3.23. The lowest BCUT2D eigenvalue weighted by molar-refractivity contribution is -0.140. The highest BCUT2D eigenvalue weighted by molar-refractivity contribution is 6.30. The molecule has 200 valence electrons. The Hall–Kier alpha value is -4.96. The number of hydrogen-bond acceptors (Lipinski definition) is 7. The van der Waals surface area contributed by atoms with Crippen LogP contribution in [0.2, 0.25) is 5.02 Å². The van der Waals surface area contributed by atoms with Gasteiger partial charge in [-0.25, -0.2) is 4.68 Å². The summed E-state index contributed by atoms with van der Waals surface area (Å²) in [6.45, 7) is 0.119. The molecule has 0 fully saturated rings. The Morgan fingerprint density at radius 2 is 1.82 bits per heavy atom. The van der Waals surface area contributed by atoms with Crippen molar-refractivity contribution in [3.05, 3.63) is 107 Å². The van der Waals surface area contributed by atoms with Gasteiger partial charge in [0.05, 0.1) is 5.52 Å². The number of nitrogens with zero attached hydrogens (tertiary/aromatic N) is 5. The number of anilines is 1. The van der Waals surface area contributed by atoms with E-state index in [1.54, 1.807) is 60.9 Å². The molecule has 10 nitrogen and oxygen atoms in total. The summed E-state index contributed by atoms with van der Waals surface area (Å²) in [6.07, 6.45) is 3.32. The molecule has 6 rings (SSSR count). The number of ether oxygens (including phenoxy) is 2. The number of fused-ring (bicyclic) bond motifs is 2. The topological polar surface area (TPSA) is 111 Å². The summed E-state index contributed by atoms with van der Waals surface area (Å²) in [5.74, 6) is 0.380. The molecule has 11 heteroatoms. The Morgan fingerprint density at radius 1 is 1.00 bits per heavy atom. The van der Waals surface area contributed by atoms with E-state index in [2.05, 4.69) is 20.6 Å². The molecule has 0 saturated carbocycles. The van der Waals surface area contributed by atoms with Crippen LogP contribution < -0.4 is 14.8 Å². The molecule has 0 unspecified atom stereocenters. The first kappa shape index (κ1) is 25.3. The molecule has 0 bridgehead atoms. The highest BCUT2D eigenvalue weighted by Gasteiger charge is 2.32. The van der Waals surface area contributed by atoms with Gasteiger partial charge in [-0.1, -0.05) is 47.1 Å². The van der Waals surface area contributed by atoms with E-state index < -0.39 is 11.9 Å². The van der Waals surface area contributed by atoms with Gasteiger partial charge >= 0.3 is 0 Å². The zero-order chi connectivity index (χ0) is 27.5. The number of amides is 2. The molecule has 0 saturated heterocycles. The van der Waals surface area contributed by atoms with Crippen molar-refractivity contribution < 1.29 is 19.1 Å². The van der Waals surface area contributed by atoms with Crippen LogP contribution in [0.25, 0.3) is 11.0 Å². The highest BCUT2D eigenvalue weighted by atomic mass is 35.5. The van der Waals surface area contributed by atoms with Crippen molar-refractivity contribution >= 4 is 40.1 Å². The van der Waals surface area contributed by atoms with Gasteiger partial charge in [-0.3, -0.25) is 14.6 Å². The predicted molar refractivity (Wildman–Crippen MR) is 148 cm³/mol. The molecule has 40 heavy (non-hydrogen) atoms. The monoisotopic (exact) mass is 554 g/mol. The number of para-hydroxylation sites is 1. The van der Waals surface area contributed by atoms with Crippen molar-refractivity contribution in [1.82, 2.24) is 24.9 Å². The van der Waals surface area contributed by atoms with E-state index in [1.165, 1.54) is 9.58 Å². The van der Waals surface area contributed by atoms with Crippen LogP contribution in [0.5, 0.6) is 11.5 Å². The molecule has 0 spiro atoms. The van der Waals surface area contributed by atoms with Crippen molar-refractivity contribution in [2.75, 3.05) is 12.1 Å². The zero-order valence-corrected chi connectivity index (χ0v) is 21.9. The third-order valence-corrected chi connectivity index (χ3v) is 6.74. The van der Waals surface area contributed by atoms with Crippen molar-refractivity contribution in [3.8, 4) is 11.5 Å². The van der Waals surface area contributed by atoms with Crippen LogP contribution in [0.4, 0.5) is 5.69 Å². The van der Waals surface area contributed by atoms with E-state index in [1.807, 2.05) is 30.3 Å². The molecule has 1 atom stereocenters. The fraction of sp³-hybridized carbons (Fsp3) is 0.138. The average Bonchev–Trinajstić information content (AvgIpc) is 3.61. The number of rotatable bonds is 8. The maximum atomic E-state index is 14.0. The predicted octanol–water partition coefficient (Wildman–Crippen LogP) is 4.62. The fourth-order valence-electron chi connectivity index (χ4n) is 4.57. The molecular weight excluding hydrogens is 532 g/mol. The van der Waals surface area contributed by atoms with Crippen LogP contribution in [0.15, 0.2) is 91.3 Å². The minimum Gasteiger partial charge on any atom is -0.454 e. The Morgan fingerprint density at radius 3 is 2.65 bits per heavy atom. The number of pyridine rings is 1. The van der Waals surface area contributed by atoms with Gasteiger partial charge in [0, 0.05) is 35.7 Å². The largest absolute Gasteiger partial charge is 0.454 e. The van der Waals surface area contributed by atoms with Gasteiger partial charge in [0.25, 0.3) is 5.91 Å². The molecule has 0 radical (unpaired) electrons. The molecule has 0 aliphatic carbocycles. The second kappa shape index (κ2) is 11.0. The van der Waals surface area contributed by atoms with Gasteiger partial charge in [-0.2, -0.15) is 0 Å². The van der Waals surface area contributed by atoms with E-state index in [-0.39, 0.29) is 25.8 Å². The molecule has 2 amide bonds. The average molecular weight is 555 g/mol. The molecule has 3 aromatic carbocycles. The lowest BCUT2D eigenvalue weighted by atomic mass is 10.0. The highest BCUT2D eigenvalue weighted by Crippen LogP contribution is 2.35. The second-order valence-electron chi connectivity index (χ2n) is 9.13. The third-order valence-electron chi connectivity index (χ3n) is 6.49. The first-order valence-electron chi connectivity index (χ1n) is 12.5.